The monoisotopic (exact) mass is 300 g/mol. The van der Waals surface area contributed by atoms with Crippen LogP contribution in [0, 0.1) is 13.8 Å². The van der Waals surface area contributed by atoms with Crippen molar-refractivity contribution in [2.45, 2.75) is 20.4 Å². The molecule has 1 N–H and O–H groups in total. The fraction of sp³-hybridized carbons (Fsp3) is 0.412. The van der Waals surface area contributed by atoms with E-state index in [1.54, 1.807) is 4.90 Å². The van der Waals surface area contributed by atoms with E-state index in [-0.39, 0.29) is 5.91 Å². The van der Waals surface area contributed by atoms with Gasteiger partial charge in [-0.05, 0) is 44.7 Å². The summed E-state index contributed by atoms with van der Waals surface area (Å²) in [6, 6.07) is 9.83. The van der Waals surface area contributed by atoms with Gasteiger partial charge >= 0.3 is 0 Å². The zero-order chi connectivity index (χ0) is 16.1. The van der Waals surface area contributed by atoms with E-state index in [0.717, 1.165) is 35.6 Å². The number of amides is 1. The van der Waals surface area contributed by atoms with Gasteiger partial charge in [-0.3, -0.25) is 9.48 Å². The summed E-state index contributed by atoms with van der Waals surface area (Å²) in [4.78, 5) is 14.0. The van der Waals surface area contributed by atoms with E-state index in [1.807, 2.05) is 50.0 Å². The van der Waals surface area contributed by atoms with Crippen molar-refractivity contribution in [3.63, 3.8) is 0 Å². The zero-order valence-electron chi connectivity index (χ0n) is 13.8. The summed E-state index contributed by atoms with van der Waals surface area (Å²) in [5.74, 6) is 0.0490. The highest BCUT2D eigenvalue weighted by molar-refractivity contribution is 5.94. The Kier molecular flexibility index (Phi) is 5.33. The number of likely N-dealkylation sites (N-methyl/N-ethyl adjacent to an activating group) is 2. The van der Waals surface area contributed by atoms with E-state index < -0.39 is 0 Å². The molecule has 0 atom stereocenters. The van der Waals surface area contributed by atoms with Crippen LogP contribution in [0.2, 0.25) is 0 Å². The SMILES string of the molecule is CNCCN(C)C(=O)c1ccc(Cn2nc(C)cc2C)cc1. The lowest BCUT2D eigenvalue weighted by Crippen LogP contribution is -2.32. The molecule has 0 spiro atoms. The lowest BCUT2D eigenvalue weighted by Gasteiger charge is -2.17. The second-order valence-corrected chi connectivity index (χ2v) is 5.61. The normalized spacial score (nSPS) is 10.7. The molecule has 0 saturated heterocycles. The smallest absolute Gasteiger partial charge is 0.253 e. The van der Waals surface area contributed by atoms with E-state index >= 15 is 0 Å². The van der Waals surface area contributed by atoms with E-state index in [1.165, 1.54) is 0 Å². The van der Waals surface area contributed by atoms with Crippen LogP contribution in [-0.4, -0.2) is 47.8 Å². The molecule has 5 heteroatoms. The topological polar surface area (TPSA) is 50.2 Å². The first-order valence-corrected chi connectivity index (χ1v) is 7.51. The lowest BCUT2D eigenvalue weighted by molar-refractivity contribution is 0.0797. The quantitative estimate of drug-likeness (QED) is 0.885. The second kappa shape index (κ2) is 7.22. The Morgan fingerprint density at radius 1 is 1.27 bits per heavy atom. The number of hydrogen-bond acceptors (Lipinski definition) is 3. The average molecular weight is 300 g/mol. The van der Waals surface area contributed by atoms with Crippen molar-refractivity contribution < 1.29 is 4.79 Å². The zero-order valence-corrected chi connectivity index (χ0v) is 13.8. The van der Waals surface area contributed by atoms with Gasteiger partial charge in [0.15, 0.2) is 0 Å². The summed E-state index contributed by atoms with van der Waals surface area (Å²) < 4.78 is 1.98. The van der Waals surface area contributed by atoms with Crippen molar-refractivity contribution >= 4 is 5.91 Å². The van der Waals surface area contributed by atoms with Gasteiger partial charge in [0.05, 0.1) is 12.2 Å². The summed E-state index contributed by atoms with van der Waals surface area (Å²) in [5, 5.41) is 7.50. The fourth-order valence-corrected chi connectivity index (χ4v) is 2.36. The molecule has 0 bridgehead atoms. The van der Waals surface area contributed by atoms with Crippen LogP contribution in [0.5, 0.6) is 0 Å². The highest BCUT2D eigenvalue weighted by Gasteiger charge is 2.11. The number of aromatic nitrogens is 2. The molecule has 1 amide bonds. The first-order chi connectivity index (χ1) is 10.5. The van der Waals surface area contributed by atoms with Crippen LogP contribution in [0.3, 0.4) is 0 Å². The Hall–Kier alpha value is -2.14. The molecule has 5 nitrogen and oxygen atoms in total. The number of rotatable bonds is 6. The molecule has 0 aliphatic carbocycles. The van der Waals surface area contributed by atoms with Gasteiger partial charge in [-0.15, -0.1) is 0 Å². The predicted octanol–water partition coefficient (Wildman–Crippen LogP) is 1.84. The fourth-order valence-electron chi connectivity index (χ4n) is 2.36. The van der Waals surface area contributed by atoms with Crippen molar-refractivity contribution in [1.29, 1.82) is 0 Å². The molecule has 0 aliphatic heterocycles. The Balaban J connectivity index is 2.04. The number of nitrogens with zero attached hydrogens (tertiary/aromatic N) is 3. The van der Waals surface area contributed by atoms with E-state index in [0.29, 0.717) is 6.54 Å². The number of benzene rings is 1. The third kappa shape index (κ3) is 3.95. The number of aryl methyl sites for hydroxylation is 2. The molecule has 1 aromatic carbocycles. The lowest BCUT2D eigenvalue weighted by atomic mass is 10.1. The van der Waals surface area contributed by atoms with Crippen molar-refractivity contribution in [3.8, 4) is 0 Å². The van der Waals surface area contributed by atoms with Gasteiger partial charge in [-0.1, -0.05) is 12.1 Å². The van der Waals surface area contributed by atoms with Crippen molar-refractivity contribution in [2.24, 2.45) is 0 Å². The third-order valence-electron chi connectivity index (χ3n) is 3.68. The van der Waals surface area contributed by atoms with Gasteiger partial charge in [0.1, 0.15) is 0 Å². The number of hydrogen-bond donors (Lipinski definition) is 1. The summed E-state index contributed by atoms with van der Waals surface area (Å²) in [6.07, 6.45) is 0. The molecule has 0 unspecified atom stereocenters. The average Bonchev–Trinajstić information content (AvgIpc) is 2.82. The second-order valence-electron chi connectivity index (χ2n) is 5.61. The molecule has 2 rings (SSSR count). The van der Waals surface area contributed by atoms with Crippen molar-refractivity contribution in [3.05, 3.63) is 52.8 Å². The largest absolute Gasteiger partial charge is 0.340 e. The molecule has 2 aromatic rings. The Labute approximate surface area is 131 Å². The molecular formula is C17H24N4O. The number of carbonyl (C=O) groups is 1. The summed E-state index contributed by atoms with van der Waals surface area (Å²) >= 11 is 0. The van der Waals surface area contributed by atoms with Gasteiger partial charge in [0, 0.05) is 31.4 Å². The Morgan fingerprint density at radius 3 is 2.50 bits per heavy atom. The minimum absolute atomic E-state index is 0.0490. The van der Waals surface area contributed by atoms with Gasteiger partial charge in [-0.2, -0.15) is 5.10 Å². The van der Waals surface area contributed by atoms with Gasteiger partial charge in [-0.25, -0.2) is 0 Å². The van der Waals surface area contributed by atoms with Crippen molar-refractivity contribution in [2.75, 3.05) is 27.2 Å². The highest BCUT2D eigenvalue weighted by atomic mass is 16.2. The standard InChI is InChI=1S/C17H24N4O/c1-13-11-14(2)21(19-13)12-15-5-7-16(8-6-15)17(22)20(4)10-9-18-3/h5-8,11,18H,9-10,12H2,1-4H3. The van der Waals surface area contributed by atoms with Crippen LogP contribution >= 0.6 is 0 Å². The Morgan fingerprint density at radius 2 is 1.95 bits per heavy atom. The summed E-state index contributed by atoms with van der Waals surface area (Å²) in [7, 11) is 3.70. The molecule has 1 heterocycles. The minimum atomic E-state index is 0.0490. The van der Waals surface area contributed by atoms with E-state index in [9.17, 15) is 4.79 Å². The van der Waals surface area contributed by atoms with Crippen molar-refractivity contribution in [1.82, 2.24) is 20.0 Å². The van der Waals surface area contributed by atoms with Gasteiger partial charge in [0.25, 0.3) is 5.91 Å². The van der Waals surface area contributed by atoms with Crippen LogP contribution in [0.15, 0.2) is 30.3 Å². The maximum Gasteiger partial charge on any atom is 0.253 e. The molecule has 0 radical (unpaired) electrons. The number of nitrogens with one attached hydrogen (secondary N) is 1. The molecule has 22 heavy (non-hydrogen) atoms. The summed E-state index contributed by atoms with van der Waals surface area (Å²) in [6.45, 7) is 6.26. The first kappa shape index (κ1) is 16.2. The van der Waals surface area contributed by atoms with Crippen LogP contribution in [0.25, 0.3) is 0 Å². The van der Waals surface area contributed by atoms with Crippen LogP contribution in [0.4, 0.5) is 0 Å². The first-order valence-electron chi connectivity index (χ1n) is 7.51. The molecule has 0 fully saturated rings. The highest BCUT2D eigenvalue weighted by Crippen LogP contribution is 2.10. The van der Waals surface area contributed by atoms with E-state index in [4.69, 9.17) is 0 Å². The minimum Gasteiger partial charge on any atom is -0.340 e. The maximum atomic E-state index is 12.3. The van der Waals surface area contributed by atoms with Gasteiger partial charge in [0.2, 0.25) is 0 Å². The predicted molar refractivity (Wildman–Crippen MR) is 88.1 cm³/mol. The summed E-state index contributed by atoms with van der Waals surface area (Å²) in [5.41, 5.74) is 4.02. The molecular weight excluding hydrogens is 276 g/mol. The molecule has 0 saturated carbocycles. The van der Waals surface area contributed by atoms with Crippen LogP contribution in [0.1, 0.15) is 27.3 Å². The van der Waals surface area contributed by atoms with E-state index in [2.05, 4.69) is 23.4 Å². The van der Waals surface area contributed by atoms with Crippen LogP contribution in [-0.2, 0) is 6.54 Å². The molecule has 1 aromatic heterocycles. The number of carbonyl (C=O) groups excluding carboxylic acids is 1. The Bertz CT molecular complexity index is 631. The van der Waals surface area contributed by atoms with Gasteiger partial charge < -0.3 is 10.2 Å². The maximum absolute atomic E-state index is 12.3. The van der Waals surface area contributed by atoms with Crippen LogP contribution < -0.4 is 5.32 Å². The third-order valence-corrected chi connectivity index (χ3v) is 3.68. The molecule has 0 aliphatic rings. The molecule has 118 valence electrons.